The van der Waals surface area contributed by atoms with Gasteiger partial charge in [0.05, 0.1) is 12.8 Å². The molecule has 5 heteroatoms. The van der Waals surface area contributed by atoms with E-state index in [0.717, 1.165) is 37.3 Å². The Morgan fingerprint density at radius 2 is 1.90 bits per heavy atom. The molecule has 2 atom stereocenters. The molecule has 0 saturated heterocycles. The molecule has 0 aromatic heterocycles. The molecular formula is C16H23NO4. The molecule has 1 aliphatic carbocycles. The Bertz CT molecular complexity index is 446. The molecule has 0 radical (unpaired) electrons. The summed E-state index contributed by atoms with van der Waals surface area (Å²) >= 11 is 0. The first-order valence-corrected chi connectivity index (χ1v) is 7.45. The van der Waals surface area contributed by atoms with Gasteiger partial charge in [0.1, 0.15) is 11.9 Å². The second kappa shape index (κ2) is 7.88. The normalized spacial score (nSPS) is 22.2. The molecule has 5 nitrogen and oxygen atoms in total. The van der Waals surface area contributed by atoms with E-state index in [4.69, 9.17) is 14.3 Å². The molecule has 0 spiro atoms. The summed E-state index contributed by atoms with van der Waals surface area (Å²) in [5, 5.41) is 0. The Balaban J connectivity index is 1.80. The lowest BCUT2D eigenvalue weighted by atomic mass is 10.0. The summed E-state index contributed by atoms with van der Waals surface area (Å²) < 4.78 is 10.6. The Hall–Kier alpha value is -1.75. The van der Waals surface area contributed by atoms with Crippen LogP contribution in [0.4, 0.5) is 10.5 Å². The number of benzene rings is 1. The summed E-state index contributed by atoms with van der Waals surface area (Å²) in [4.78, 5) is 16.6. The number of rotatable bonds is 4. The van der Waals surface area contributed by atoms with E-state index in [1.165, 1.54) is 13.5 Å². The van der Waals surface area contributed by atoms with Gasteiger partial charge in [-0.2, -0.15) is 0 Å². The van der Waals surface area contributed by atoms with Crippen molar-refractivity contribution in [1.29, 1.82) is 0 Å². The van der Waals surface area contributed by atoms with E-state index < -0.39 is 6.16 Å². The number of hydrogen-bond donors (Lipinski definition) is 1. The average molecular weight is 293 g/mol. The zero-order valence-electron chi connectivity index (χ0n) is 12.6. The highest BCUT2D eigenvalue weighted by molar-refractivity contribution is 5.64. The fraction of sp³-hybridized carbons (Fsp3) is 0.562. The van der Waals surface area contributed by atoms with Crippen molar-refractivity contribution in [2.75, 3.05) is 12.6 Å². The fourth-order valence-corrected chi connectivity index (χ4v) is 2.54. The fourth-order valence-electron chi connectivity index (χ4n) is 2.54. The van der Waals surface area contributed by atoms with Gasteiger partial charge >= 0.3 is 6.16 Å². The van der Waals surface area contributed by atoms with Crippen molar-refractivity contribution < 1.29 is 19.1 Å². The van der Waals surface area contributed by atoms with Crippen molar-refractivity contribution in [3.8, 4) is 5.75 Å². The molecule has 1 saturated carbocycles. The van der Waals surface area contributed by atoms with Crippen LogP contribution in [0, 0.1) is 5.92 Å². The minimum absolute atomic E-state index is 0.0168. The number of carbonyl (C=O) groups excluding carboxylic acids is 1. The van der Waals surface area contributed by atoms with Crippen LogP contribution in [0.25, 0.3) is 0 Å². The second-order valence-electron chi connectivity index (χ2n) is 5.54. The highest BCUT2D eigenvalue weighted by atomic mass is 16.7. The van der Waals surface area contributed by atoms with Gasteiger partial charge in [0.15, 0.2) is 0 Å². The third kappa shape index (κ3) is 5.27. The standard InChI is InChI=1S/C16H23NO4/c1-12-4-3-5-14(9-6-12)20-16(18)21-15-10-7-13(8-11-15)17-19-2/h7-8,10-12,14,17H,3-6,9H2,1-2H3. The number of hydrogen-bond acceptors (Lipinski definition) is 5. The molecule has 1 N–H and O–H groups in total. The van der Waals surface area contributed by atoms with Gasteiger partial charge in [-0.3, -0.25) is 10.3 Å². The van der Waals surface area contributed by atoms with Crippen molar-refractivity contribution in [1.82, 2.24) is 0 Å². The summed E-state index contributed by atoms with van der Waals surface area (Å²) in [5.74, 6) is 1.18. The van der Waals surface area contributed by atoms with E-state index in [-0.39, 0.29) is 6.10 Å². The summed E-state index contributed by atoms with van der Waals surface area (Å²) in [7, 11) is 1.54. The molecule has 0 heterocycles. The molecular weight excluding hydrogens is 270 g/mol. The van der Waals surface area contributed by atoms with Crippen LogP contribution in [-0.2, 0) is 9.57 Å². The van der Waals surface area contributed by atoms with Crippen molar-refractivity contribution in [3.05, 3.63) is 24.3 Å². The maximum atomic E-state index is 11.8. The molecule has 0 aliphatic heterocycles. The lowest BCUT2D eigenvalue weighted by molar-refractivity contribution is 0.0514. The van der Waals surface area contributed by atoms with Crippen LogP contribution in [0.3, 0.4) is 0 Å². The Morgan fingerprint density at radius 1 is 1.14 bits per heavy atom. The smallest absolute Gasteiger partial charge is 0.431 e. The van der Waals surface area contributed by atoms with Crippen LogP contribution in [-0.4, -0.2) is 19.4 Å². The van der Waals surface area contributed by atoms with Crippen molar-refractivity contribution >= 4 is 11.8 Å². The van der Waals surface area contributed by atoms with Gasteiger partial charge in [0, 0.05) is 0 Å². The second-order valence-corrected chi connectivity index (χ2v) is 5.54. The Labute approximate surface area is 125 Å². The molecule has 1 aromatic carbocycles. The predicted octanol–water partition coefficient (Wildman–Crippen LogP) is 4.14. The van der Waals surface area contributed by atoms with Crippen molar-refractivity contribution in [2.24, 2.45) is 5.92 Å². The van der Waals surface area contributed by atoms with Crippen molar-refractivity contribution in [2.45, 2.75) is 45.1 Å². The van der Waals surface area contributed by atoms with Gasteiger partial charge in [-0.1, -0.05) is 13.3 Å². The Morgan fingerprint density at radius 3 is 2.62 bits per heavy atom. The van der Waals surface area contributed by atoms with E-state index in [9.17, 15) is 4.79 Å². The van der Waals surface area contributed by atoms with Crippen LogP contribution >= 0.6 is 0 Å². The van der Waals surface area contributed by atoms with E-state index in [0.29, 0.717) is 5.75 Å². The molecule has 1 aliphatic rings. The largest absolute Gasteiger partial charge is 0.514 e. The average Bonchev–Trinajstić information content (AvgIpc) is 2.66. The summed E-state index contributed by atoms with van der Waals surface area (Å²) in [5.41, 5.74) is 3.48. The quantitative estimate of drug-likeness (QED) is 0.391. The third-order valence-electron chi connectivity index (χ3n) is 3.74. The minimum atomic E-state index is -0.623. The summed E-state index contributed by atoms with van der Waals surface area (Å²) in [6.07, 6.45) is 4.64. The highest BCUT2D eigenvalue weighted by Crippen LogP contribution is 2.25. The minimum Gasteiger partial charge on any atom is -0.431 e. The monoisotopic (exact) mass is 293 g/mol. The molecule has 2 unspecified atom stereocenters. The SMILES string of the molecule is CONc1ccc(OC(=O)OC2CCCC(C)CC2)cc1. The van der Waals surface area contributed by atoms with Gasteiger partial charge in [-0.15, -0.1) is 0 Å². The first kappa shape index (κ1) is 15.6. The molecule has 21 heavy (non-hydrogen) atoms. The molecule has 1 aromatic rings. The van der Waals surface area contributed by atoms with E-state index >= 15 is 0 Å². The van der Waals surface area contributed by atoms with E-state index in [1.807, 2.05) is 0 Å². The van der Waals surface area contributed by atoms with Gasteiger partial charge < -0.3 is 9.47 Å². The van der Waals surface area contributed by atoms with Crippen molar-refractivity contribution in [3.63, 3.8) is 0 Å². The van der Waals surface area contributed by atoms with Crippen LogP contribution < -0.4 is 10.2 Å². The lowest BCUT2D eigenvalue weighted by Gasteiger charge is -2.15. The Kier molecular flexibility index (Phi) is 5.87. The van der Waals surface area contributed by atoms with E-state index in [1.54, 1.807) is 24.3 Å². The number of ether oxygens (including phenoxy) is 2. The summed E-state index contributed by atoms with van der Waals surface area (Å²) in [6, 6.07) is 6.91. The molecule has 0 bridgehead atoms. The van der Waals surface area contributed by atoms with Gasteiger partial charge in [0.2, 0.25) is 0 Å². The maximum Gasteiger partial charge on any atom is 0.514 e. The molecule has 0 amide bonds. The maximum absolute atomic E-state index is 11.8. The highest BCUT2D eigenvalue weighted by Gasteiger charge is 2.20. The zero-order valence-corrected chi connectivity index (χ0v) is 12.6. The number of anilines is 1. The zero-order chi connectivity index (χ0) is 15.1. The van der Waals surface area contributed by atoms with Gasteiger partial charge in [-0.05, 0) is 55.9 Å². The lowest BCUT2D eigenvalue weighted by Crippen LogP contribution is -2.20. The predicted molar refractivity (Wildman–Crippen MR) is 80.2 cm³/mol. The van der Waals surface area contributed by atoms with Gasteiger partial charge in [-0.25, -0.2) is 4.79 Å². The molecule has 2 rings (SSSR count). The van der Waals surface area contributed by atoms with Crippen LogP contribution in [0.1, 0.15) is 39.0 Å². The van der Waals surface area contributed by atoms with Crippen LogP contribution in [0.5, 0.6) is 5.75 Å². The molecule has 1 fully saturated rings. The number of carbonyl (C=O) groups is 1. The third-order valence-corrected chi connectivity index (χ3v) is 3.74. The first-order valence-electron chi connectivity index (χ1n) is 7.45. The topological polar surface area (TPSA) is 56.8 Å². The molecule has 116 valence electrons. The summed E-state index contributed by atoms with van der Waals surface area (Å²) in [6.45, 7) is 2.25. The van der Waals surface area contributed by atoms with Gasteiger partial charge in [0.25, 0.3) is 0 Å². The number of nitrogens with one attached hydrogen (secondary N) is 1. The van der Waals surface area contributed by atoms with E-state index in [2.05, 4.69) is 12.4 Å². The first-order chi connectivity index (χ1) is 10.2. The van der Waals surface area contributed by atoms with Crippen LogP contribution in [0.15, 0.2) is 24.3 Å². The van der Waals surface area contributed by atoms with Crippen LogP contribution in [0.2, 0.25) is 0 Å².